The van der Waals surface area contributed by atoms with Gasteiger partial charge in [-0.25, -0.2) is 9.59 Å². The first-order valence-corrected chi connectivity index (χ1v) is 16.5. The van der Waals surface area contributed by atoms with E-state index in [1.54, 1.807) is 62.4 Å². The molecule has 3 amide bonds. The van der Waals surface area contributed by atoms with Gasteiger partial charge in [0.2, 0.25) is 5.91 Å². The van der Waals surface area contributed by atoms with Crippen molar-refractivity contribution in [1.29, 1.82) is 0 Å². The van der Waals surface area contributed by atoms with Gasteiger partial charge < -0.3 is 29.9 Å². The molecule has 0 aliphatic carbocycles. The molecule has 2 fully saturated rings. The number of piperidine rings is 1. The second kappa shape index (κ2) is 15.0. The Hall–Kier alpha value is -4.08. The Kier molecular flexibility index (Phi) is 10.9. The molecule has 0 saturated carbocycles. The number of esters is 1. The Morgan fingerprint density at radius 3 is 2.13 bits per heavy atom. The molecule has 2 heterocycles. The van der Waals surface area contributed by atoms with Gasteiger partial charge in [-0.05, 0) is 67.9 Å². The maximum absolute atomic E-state index is 14.0. The number of halogens is 1. The van der Waals surface area contributed by atoms with Gasteiger partial charge in [0.25, 0.3) is 0 Å². The lowest BCUT2D eigenvalue weighted by Gasteiger charge is -2.46. The van der Waals surface area contributed by atoms with Crippen LogP contribution in [0.4, 0.5) is 10.5 Å². The number of phenolic OH excluding ortho intramolecular Hbond substituents is 1. The number of aromatic hydroxyl groups is 1. The van der Waals surface area contributed by atoms with E-state index in [-0.39, 0.29) is 24.2 Å². The molecular weight excluding hydrogens is 604 g/mol. The van der Waals surface area contributed by atoms with Gasteiger partial charge in [0.05, 0.1) is 30.8 Å². The molecular formula is C36H44ClN4O5+. The van der Waals surface area contributed by atoms with Crippen LogP contribution in [0.5, 0.6) is 5.75 Å². The number of nitrogens with one attached hydrogen (secondary N) is 2. The highest BCUT2D eigenvalue weighted by Gasteiger charge is 2.42. The van der Waals surface area contributed by atoms with E-state index in [0.29, 0.717) is 30.4 Å². The third-order valence-electron chi connectivity index (χ3n) is 9.12. The van der Waals surface area contributed by atoms with Gasteiger partial charge in [-0.1, -0.05) is 35.9 Å². The van der Waals surface area contributed by atoms with E-state index < -0.39 is 18.0 Å². The molecule has 3 aromatic carbocycles. The van der Waals surface area contributed by atoms with E-state index in [2.05, 4.69) is 22.8 Å². The number of carbonyl (C=O) groups excluding carboxylic acids is 3. The third-order valence-corrected chi connectivity index (χ3v) is 9.37. The van der Waals surface area contributed by atoms with Crippen LogP contribution in [0.15, 0.2) is 72.8 Å². The highest BCUT2D eigenvalue weighted by Crippen LogP contribution is 2.33. The van der Waals surface area contributed by atoms with E-state index in [4.69, 9.17) is 16.3 Å². The van der Waals surface area contributed by atoms with Crippen LogP contribution < -0.4 is 10.6 Å². The summed E-state index contributed by atoms with van der Waals surface area (Å²) in [7, 11) is 0. The van der Waals surface area contributed by atoms with Crippen LogP contribution in [0.3, 0.4) is 0 Å². The van der Waals surface area contributed by atoms with Gasteiger partial charge in [-0.15, -0.1) is 0 Å². The van der Waals surface area contributed by atoms with Gasteiger partial charge in [-0.3, -0.25) is 4.79 Å². The smallest absolute Gasteiger partial charge is 0.338 e. The largest absolute Gasteiger partial charge is 0.508 e. The normalized spacial score (nSPS) is 17.0. The number of urea groups is 1. The van der Waals surface area contributed by atoms with Gasteiger partial charge in [0.15, 0.2) is 0 Å². The summed E-state index contributed by atoms with van der Waals surface area (Å²) < 4.78 is 6.28. The third kappa shape index (κ3) is 8.59. The van der Waals surface area contributed by atoms with Crippen molar-refractivity contribution < 1.29 is 28.7 Å². The Morgan fingerprint density at radius 2 is 1.52 bits per heavy atom. The van der Waals surface area contributed by atoms with E-state index in [1.165, 1.54) is 18.4 Å². The van der Waals surface area contributed by atoms with Crippen molar-refractivity contribution in [2.45, 2.75) is 70.7 Å². The number of hydrogen-bond donors (Lipinski definition) is 3. The van der Waals surface area contributed by atoms with Crippen molar-refractivity contribution in [3.05, 3.63) is 94.5 Å². The minimum Gasteiger partial charge on any atom is -0.508 e. The summed E-state index contributed by atoms with van der Waals surface area (Å²) in [5.74, 6) is -0.422. The number of likely N-dealkylation sites (tertiary alicyclic amines) is 2. The molecule has 0 bridgehead atoms. The Bertz CT molecular complexity index is 1480. The Morgan fingerprint density at radius 1 is 0.913 bits per heavy atom. The van der Waals surface area contributed by atoms with Crippen molar-refractivity contribution >= 4 is 35.2 Å². The van der Waals surface area contributed by atoms with Crippen LogP contribution in [0.2, 0.25) is 5.02 Å². The number of anilines is 1. The second-order valence-electron chi connectivity index (χ2n) is 12.8. The van der Waals surface area contributed by atoms with Gasteiger partial charge in [0.1, 0.15) is 18.3 Å². The molecule has 0 radical (unpaired) electrons. The van der Waals surface area contributed by atoms with E-state index in [0.717, 1.165) is 47.5 Å². The predicted molar refractivity (Wildman–Crippen MR) is 179 cm³/mol. The molecule has 3 aromatic rings. The highest BCUT2D eigenvalue weighted by atomic mass is 35.5. The van der Waals surface area contributed by atoms with Crippen molar-refractivity contribution in [3.63, 3.8) is 0 Å². The monoisotopic (exact) mass is 647 g/mol. The first-order chi connectivity index (χ1) is 22.1. The van der Waals surface area contributed by atoms with E-state index >= 15 is 0 Å². The number of hydrogen-bond acceptors (Lipinski definition) is 5. The summed E-state index contributed by atoms with van der Waals surface area (Å²) in [6.07, 6.45) is 4.29. The van der Waals surface area contributed by atoms with Crippen LogP contribution in [-0.4, -0.2) is 76.8 Å². The summed E-state index contributed by atoms with van der Waals surface area (Å²) in [5, 5.41) is 16.2. The molecule has 9 nitrogen and oxygen atoms in total. The Balaban J connectivity index is 1.24. The molecule has 2 saturated heterocycles. The molecule has 10 heteroatoms. The number of carbonyl (C=O) groups is 3. The van der Waals surface area contributed by atoms with Crippen LogP contribution in [0.25, 0.3) is 0 Å². The standard InChI is InChI=1S/C36H43ClN4O5/c1-25(2)46-35(44)28-9-13-30(14-10-28)38-36(45)39-33(23-26-7-15-32(42)16-8-26)34(43)40-19-17-31(18-20-40)41(21-3-4-22-41)24-27-5-11-29(37)12-6-27/h5-16,25,31,33H,3-4,17-24H2,1-2H3,(H2-,38,39,42,44,45)/p+1/t33-/m0/s1. The summed E-state index contributed by atoms with van der Waals surface area (Å²) in [6.45, 7) is 8.09. The number of rotatable bonds is 10. The summed E-state index contributed by atoms with van der Waals surface area (Å²) >= 11 is 6.14. The summed E-state index contributed by atoms with van der Waals surface area (Å²) in [6, 6.07) is 20.4. The van der Waals surface area contributed by atoms with Gasteiger partial charge in [0, 0.05) is 61.5 Å². The summed E-state index contributed by atoms with van der Waals surface area (Å²) in [5.41, 5.74) is 2.98. The van der Waals surface area contributed by atoms with E-state index in [9.17, 15) is 19.5 Å². The molecule has 0 spiro atoms. The summed E-state index contributed by atoms with van der Waals surface area (Å²) in [4.78, 5) is 41.2. The number of amides is 3. The zero-order valence-corrected chi connectivity index (χ0v) is 27.3. The molecule has 5 rings (SSSR count). The molecule has 3 N–H and O–H groups in total. The number of phenols is 1. The zero-order chi connectivity index (χ0) is 32.7. The molecule has 46 heavy (non-hydrogen) atoms. The zero-order valence-electron chi connectivity index (χ0n) is 26.6. The van der Waals surface area contributed by atoms with Crippen LogP contribution in [0, 0.1) is 0 Å². The highest BCUT2D eigenvalue weighted by molar-refractivity contribution is 6.30. The average Bonchev–Trinajstić information content (AvgIpc) is 3.52. The van der Waals surface area contributed by atoms with Crippen molar-refractivity contribution in [2.24, 2.45) is 0 Å². The molecule has 0 aromatic heterocycles. The first-order valence-electron chi connectivity index (χ1n) is 16.2. The predicted octanol–water partition coefficient (Wildman–Crippen LogP) is 6.15. The van der Waals surface area contributed by atoms with Crippen molar-refractivity contribution in [2.75, 3.05) is 31.5 Å². The lowest BCUT2D eigenvalue weighted by molar-refractivity contribution is -0.954. The number of quaternary nitrogens is 1. The van der Waals surface area contributed by atoms with Gasteiger partial charge >= 0.3 is 12.0 Å². The van der Waals surface area contributed by atoms with Crippen LogP contribution >= 0.6 is 11.6 Å². The molecule has 0 unspecified atom stereocenters. The first kappa shape index (κ1) is 33.3. The fraction of sp³-hybridized carbons (Fsp3) is 0.417. The number of nitrogens with zero attached hydrogens (tertiary/aromatic N) is 2. The second-order valence-corrected chi connectivity index (χ2v) is 13.2. The maximum atomic E-state index is 14.0. The molecule has 2 aliphatic heterocycles. The molecule has 2 aliphatic rings. The average molecular weight is 648 g/mol. The van der Waals surface area contributed by atoms with E-state index in [1.807, 2.05) is 17.0 Å². The number of benzene rings is 3. The SMILES string of the molecule is CC(C)OC(=O)c1ccc(NC(=O)N[C@@H](Cc2ccc(O)cc2)C(=O)N2CCC([N+]3(Cc4ccc(Cl)cc4)CCCC3)CC2)cc1. The molecule has 244 valence electrons. The topological polar surface area (TPSA) is 108 Å². The maximum Gasteiger partial charge on any atom is 0.338 e. The van der Waals surface area contributed by atoms with Crippen LogP contribution in [0.1, 0.15) is 61.0 Å². The quantitative estimate of drug-likeness (QED) is 0.181. The van der Waals surface area contributed by atoms with Crippen LogP contribution in [-0.2, 0) is 22.5 Å². The lowest BCUT2D eigenvalue weighted by Crippen LogP contribution is -2.59. The minimum absolute atomic E-state index is 0.126. The lowest BCUT2D eigenvalue weighted by atomic mass is 9.97. The van der Waals surface area contributed by atoms with Gasteiger partial charge in [-0.2, -0.15) is 0 Å². The fourth-order valence-corrected chi connectivity index (χ4v) is 6.92. The molecule has 1 atom stereocenters. The Labute approximate surface area is 276 Å². The fourth-order valence-electron chi connectivity index (χ4n) is 6.79. The minimum atomic E-state index is -0.801. The van der Waals surface area contributed by atoms with Crippen molar-refractivity contribution in [1.82, 2.24) is 10.2 Å². The van der Waals surface area contributed by atoms with Crippen molar-refractivity contribution in [3.8, 4) is 5.75 Å². The number of ether oxygens (including phenoxy) is 1.